The third-order valence-electron chi connectivity index (χ3n) is 2.18. The van der Waals surface area contributed by atoms with Crippen molar-refractivity contribution < 1.29 is 14.8 Å². The molecule has 0 unspecified atom stereocenters. The number of aliphatic carboxylic acids is 1. The number of carboxylic acids is 1. The van der Waals surface area contributed by atoms with Crippen LogP contribution in [0.1, 0.15) is 12.0 Å². The van der Waals surface area contributed by atoms with Gasteiger partial charge in [-0.3, -0.25) is 14.9 Å². The van der Waals surface area contributed by atoms with Crippen LogP contribution in [-0.2, 0) is 11.2 Å². The molecule has 0 saturated carbocycles. The Bertz CT molecular complexity index is 406. The monoisotopic (exact) mass is 224 g/mol. The zero-order chi connectivity index (χ0) is 12.1. The molecule has 0 saturated heterocycles. The van der Waals surface area contributed by atoms with E-state index in [9.17, 15) is 14.9 Å². The maximum Gasteiger partial charge on any atom is 0.320 e. The summed E-state index contributed by atoms with van der Waals surface area (Å²) in [6.07, 6.45) is 0.672. The molecule has 0 aliphatic heterocycles. The summed E-state index contributed by atoms with van der Waals surface area (Å²) in [5.74, 6) is -1.06. The highest BCUT2D eigenvalue weighted by Crippen LogP contribution is 2.14. The third-order valence-corrected chi connectivity index (χ3v) is 2.18. The molecule has 16 heavy (non-hydrogen) atoms. The van der Waals surface area contributed by atoms with Gasteiger partial charge in [-0.15, -0.1) is 0 Å². The number of carbonyl (C=O) groups is 1. The lowest BCUT2D eigenvalue weighted by atomic mass is 10.1. The molecule has 6 heteroatoms. The minimum Gasteiger partial charge on any atom is -0.480 e. The van der Waals surface area contributed by atoms with Crippen LogP contribution in [0, 0.1) is 10.1 Å². The summed E-state index contributed by atoms with van der Waals surface area (Å²) in [6, 6.07) is 5.16. The number of non-ortho nitro benzene ring substituents is 1. The van der Waals surface area contributed by atoms with Gasteiger partial charge in [0.25, 0.3) is 5.69 Å². The fourth-order valence-electron chi connectivity index (χ4n) is 1.27. The Hall–Kier alpha value is -1.95. The number of nitrogens with two attached hydrogens (primary N) is 1. The molecule has 1 rings (SSSR count). The maximum absolute atomic E-state index is 10.5. The van der Waals surface area contributed by atoms with Crippen LogP contribution in [0.4, 0.5) is 5.69 Å². The molecule has 1 atom stereocenters. The largest absolute Gasteiger partial charge is 0.480 e. The molecule has 6 nitrogen and oxygen atoms in total. The summed E-state index contributed by atoms with van der Waals surface area (Å²) in [4.78, 5) is 20.5. The minimum atomic E-state index is -1.06. The van der Waals surface area contributed by atoms with Gasteiger partial charge in [0.05, 0.1) is 4.92 Å². The molecule has 0 spiro atoms. The van der Waals surface area contributed by atoms with Gasteiger partial charge in [-0.2, -0.15) is 0 Å². The van der Waals surface area contributed by atoms with Crippen molar-refractivity contribution in [1.29, 1.82) is 0 Å². The Balaban J connectivity index is 2.64. The maximum atomic E-state index is 10.5. The van der Waals surface area contributed by atoms with Gasteiger partial charge < -0.3 is 10.8 Å². The lowest BCUT2D eigenvalue weighted by Gasteiger charge is -2.05. The quantitative estimate of drug-likeness (QED) is 0.571. The third kappa shape index (κ3) is 3.32. The van der Waals surface area contributed by atoms with Gasteiger partial charge in [0, 0.05) is 12.1 Å². The highest BCUT2D eigenvalue weighted by molar-refractivity contribution is 5.73. The Labute approximate surface area is 91.8 Å². The number of carboxylic acid groups (broad SMARTS) is 1. The molecule has 86 valence electrons. The number of nitro benzene ring substituents is 1. The number of aryl methyl sites for hydroxylation is 1. The summed E-state index contributed by atoms with van der Waals surface area (Å²) < 4.78 is 0. The predicted octanol–water partition coefficient (Wildman–Crippen LogP) is 0.939. The molecule has 0 bridgehead atoms. The van der Waals surface area contributed by atoms with E-state index in [2.05, 4.69) is 0 Å². The molecule has 0 amide bonds. The molecular weight excluding hydrogens is 212 g/mol. The zero-order valence-corrected chi connectivity index (χ0v) is 8.50. The van der Waals surface area contributed by atoms with Crippen LogP contribution in [0.2, 0.25) is 0 Å². The Morgan fingerprint density at radius 3 is 2.81 bits per heavy atom. The topological polar surface area (TPSA) is 106 Å². The standard InChI is InChI=1S/C10H12N2O4/c11-9(10(13)14)5-4-7-2-1-3-8(6-7)12(15)16/h1-3,6,9H,4-5,11H2,(H,13,14)/t9-/m0/s1. The number of hydrogen-bond donors (Lipinski definition) is 2. The lowest BCUT2D eigenvalue weighted by molar-refractivity contribution is -0.384. The van der Waals surface area contributed by atoms with Gasteiger partial charge >= 0.3 is 5.97 Å². The molecule has 3 N–H and O–H groups in total. The predicted molar refractivity (Wildman–Crippen MR) is 57.0 cm³/mol. The number of rotatable bonds is 5. The lowest BCUT2D eigenvalue weighted by Crippen LogP contribution is -2.30. The van der Waals surface area contributed by atoms with Gasteiger partial charge in [-0.05, 0) is 18.4 Å². The van der Waals surface area contributed by atoms with Crippen molar-refractivity contribution >= 4 is 11.7 Å². The molecule has 0 heterocycles. The summed E-state index contributed by atoms with van der Waals surface area (Å²) in [5.41, 5.74) is 6.04. The second-order valence-corrected chi connectivity index (χ2v) is 3.41. The second kappa shape index (κ2) is 5.22. The van der Waals surface area contributed by atoms with Crippen LogP contribution in [0.3, 0.4) is 0 Å². The van der Waals surface area contributed by atoms with E-state index in [1.165, 1.54) is 12.1 Å². The summed E-state index contributed by atoms with van der Waals surface area (Å²) >= 11 is 0. The molecule has 0 aliphatic rings. The van der Waals surface area contributed by atoms with E-state index in [-0.39, 0.29) is 12.1 Å². The van der Waals surface area contributed by atoms with E-state index >= 15 is 0 Å². The van der Waals surface area contributed by atoms with Gasteiger partial charge in [-0.1, -0.05) is 12.1 Å². The van der Waals surface area contributed by atoms with Crippen molar-refractivity contribution in [2.75, 3.05) is 0 Å². The number of nitro groups is 1. The molecule has 1 aromatic carbocycles. The summed E-state index contributed by atoms with van der Waals surface area (Å²) in [7, 11) is 0. The average Bonchev–Trinajstić information content (AvgIpc) is 2.26. The minimum absolute atomic E-state index is 0.00129. The van der Waals surface area contributed by atoms with Crippen LogP contribution in [0.5, 0.6) is 0 Å². The molecule has 0 radical (unpaired) electrons. The number of hydrogen-bond acceptors (Lipinski definition) is 4. The first-order chi connectivity index (χ1) is 7.50. The van der Waals surface area contributed by atoms with Crippen LogP contribution in [0.25, 0.3) is 0 Å². The van der Waals surface area contributed by atoms with Gasteiger partial charge in [-0.25, -0.2) is 0 Å². The van der Waals surface area contributed by atoms with Crippen molar-refractivity contribution in [2.45, 2.75) is 18.9 Å². The van der Waals surface area contributed by atoms with Gasteiger partial charge in [0.1, 0.15) is 6.04 Å². The Kier molecular flexibility index (Phi) is 3.96. The average molecular weight is 224 g/mol. The Morgan fingerprint density at radius 1 is 1.56 bits per heavy atom. The second-order valence-electron chi connectivity index (χ2n) is 3.41. The Morgan fingerprint density at radius 2 is 2.25 bits per heavy atom. The van der Waals surface area contributed by atoms with Crippen LogP contribution in [0.15, 0.2) is 24.3 Å². The number of nitrogens with zero attached hydrogens (tertiary/aromatic N) is 1. The first kappa shape index (κ1) is 12.1. The van der Waals surface area contributed by atoms with E-state index in [0.29, 0.717) is 12.0 Å². The van der Waals surface area contributed by atoms with Gasteiger partial charge in [0.2, 0.25) is 0 Å². The van der Waals surface area contributed by atoms with E-state index in [1.807, 2.05) is 0 Å². The first-order valence-corrected chi connectivity index (χ1v) is 4.72. The van der Waals surface area contributed by atoms with Crippen molar-refractivity contribution in [3.8, 4) is 0 Å². The molecule has 0 aromatic heterocycles. The van der Waals surface area contributed by atoms with Crippen molar-refractivity contribution in [3.05, 3.63) is 39.9 Å². The smallest absolute Gasteiger partial charge is 0.320 e. The normalized spacial score (nSPS) is 12.1. The van der Waals surface area contributed by atoms with Crippen molar-refractivity contribution in [3.63, 3.8) is 0 Å². The fraction of sp³-hybridized carbons (Fsp3) is 0.300. The van der Waals surface area contributed by atoms with Gasteiger partial charge in [0.15, 0.2) is 0 Å². The highest BCUT2D eigenvalue weighted by atomic mass is 16.6. The zero-order valence-electron chi connectivity index (χ0n) is 8.50. The number of benzene rings is 1. The first-order valence-electron chi connectivity index (χ1n) is 4.72. The highest BCUT2D eigenvalue weighted by Gasteiger charge is 2.12. The van der Waals surface area contributed by atoms with E-state index < -0.39 is 16.9 Å². The van der Waals surface area contributed by atoms with Crippen molar-refractivity contribution in [2.24, 2.45) is 5.73 Å². The summed E-state index contributed by atoms with van der Waals surface area (Å²) in [5, 5.41) is 19.1. The van der Waals surface area contributed by atoms with E-state index in [1.54, 1.807) is 12.1 Å². The molecule has 1 aromatic rings. The molecular formula is C10H12N2O4. The van der Waals surface area contributed by atoms with Crippen LogP contribution in [-0.4, -0.2) is 22.0 Å². The van der Waals surface area contributed by atoms with E-state index in [0.717, 1.165) is 0 Å². The van der Waals surface area contributed by atoms with Crippen molar-refractivity contribution in [1.82, 2.24) is 0 Å². The molecule has 0 fully saturated rings. The van der Waals surface area contributed by atoms with Crippen LogP contribution < -0.4 is 5.73 Å². The van der Waals surface area contributed by atoms with Crippen LogP contribution >= 0.6 is 0 Å². The fourth-order valence-corrected chi connectivity index (χ4v) is 1.27. The van der Waals surface area contributed by atoms with E-state index in [4.69, 9.17) is 10.8 Å². The summed E-state index contributed by atoms with van der Waals surface area (Å²) in [6.45, 7) is 0. The SMILES string of the molecule is N[C@@H](CCc1cccc([N+](=O)[O-])c1)C(=O)O. The molecule has 0 aliphatic carbocycles.